The van der Waals surface area contributed by atoms with Crippen molar-refractivity contribution in [2.75, 3.05) is 5.73 Å². The molecule has 12 heavy (non-hydrogen) atoms. The van der Waals surface area contributed by atoms with Crippen molar-refractivity contribution in [2.45, 2.75) is 6.18 Å². The van der Waals surface area contributed by atoms with Crippen molar-refractivity contribution in [3.63, 3.8) is 0 Å². The maximum absolute atomic E-state index is 12.0. The van der Waals surface area contributed by atoms with Crippen molar-refractivity contribution in [3.8, 4) is 0 Å². The van der Waals surface area contributed by atoms with Crippen LogP contribution in [0.2, 0.25) is 0 Å². The topological polar surface area (TPSA) is 38.9 Å². The molecule has 1 aromatic rings. The second kappa shape index (κ2) is 3.08. The van der Waals surface area contributed by atoms with E-state index in [-0.39, 0.29) is 9.39 Å². The Balaban J connectivity index is 3.18. The van der Waals surface area contributed by atoms with Gasteiger partial charge >= 0.3 is 6.18 Å². The minimum Gasteiger partial charge on any atom is -0.399 e. The molecule has 1 heterocycles. The third-order valence-electron chi connectivity index (χ3n) is 1.11. The van der Waals surface area contributed by atoms with Gasteiger partial charge in [-0.15, -0.1) is 0 Å². The van der Waals surface area contributed by atoms with E-state index in [0.29, 0.717) is 0 Å². The zero-order valence-corrected chi connectivity index (χ0v) is 7.85. The molecular weight excluding hydrogens is 284 g/mol. The summed E-state index contributed by atoms with van der Waals surface area (Å²) in [6.07, 6.45) is -4.42. The number of nitrogen functional groups attached to an aromatic ring is 1. The summed E-state index contributed by atoms with van der Waals surface area (Å²) in [6.45, 7) is 0. The highest BCUT2D eigenvalue weighted by Gasteiger charge is 2.32. The minimum atomic E-state index is -4.42. The maximum atomic E-state index is 12.0. The van der Waals surface area contributed by atoms with E-state index in [1.165, 1.54) is 6.07 Å². The van der Waals surface area contributed by atoms with Crippen LogP contribution in [-0.4, -0.2) is 4.98 Å². The SMILES string of the molecule is Nc1cc(I)nc(C(F)(F)F)c1. The van der Waals surface area contributed by atoms with Gasteiger partial charge in [0.15, 0.2) is 0 Å². The average Bonchev–Trinajstić information content (AvgIpc) is 1.82. The molecular formula is C6H4F3IN2. The van der Waals surface area contributed by atoms with E-state index < -0.39 is 11.9 Å². The Bertz CT molecular complexity index is 277. The first kappa shape index (κ1) is 9.56. The molecule has 1 rings (SSSR count). The summed E-state index contributed by atoms with van der Waals surface area (Å²) in [6, 6.07) is 2.18. The molecule has 2 nitrogen and oxygen atoms in total. The fourth-order valence-corrected chi connectivity index (χ4v) is 1.28. The van der Waals surface area contributed by atoms with Gasteiger partial charge in [0.2, 0.25) is 0 Å². The molecule has 0 fully saturated rings. The highest BCUT2D eigenvalue weighted by molar-refractivity contribution is 14.1. The van der Waals surface area contributed by atoms with E-state index in [1.54, 1.807) is 22.6 Å². The monoisotopic (exact) mass is 288 g/mol. The first-order valence-corrected chi connectivity index (χ1v) is 3.98. The Morgan fingerprint density at radius 2 is 1.92 bits per heavy atom. The van der Waals surface area contributed by atoms with Gasteiger partial charge in [-0.3, -0.25) is 0 Å². The van der Waals surface area contributed by atoms with Crippen molar-refractivity contribution in [1.29, 1.82) is 0 Å². The van der Waals surface area contributed by atoms with Gasteiger partial charge in [0, 0.05) is 5.69 Å². The summed E-state index contributed by atoms with van der Waals surface area (Å²) < 4.78 is 36.3. The fraction of sp³-hybridized carbons (Fsp3) is 0.167. The van der Waals surface area contributed by atoms with Crippen LogP contribution in [0.15, 0.2) is 12.1 Å². The van der Waals surface area contributed by atoms with Crippen LogP contribution >= 0.6 is 22.6 Å². The van der Waals surface area contributed by atoms with Crippen LogP contribution in [0.5, 0.6) is 0 Å². The number of aromatic nitrogens is 1. The standard InChI is InChI=1S/C6H4F3IN2/c7-6(8,9)4-1-3(11)2-5(10)12-4/h1-2H,(H2,11,12). The van der Waals surface area contributed by atoms with Gasteiger partial charge in [0.05, 0.1) is 0 Å². The van der Waals surface area contributed by atoms with E-state index >= 15 is 0 Å². The van der Waals surface area contributed by atoms with Gasteiger partial charge < -0.3 is 5.73 Å². The second-order valence-corrected chi connectivity index (χ2v) is 3.21. The lowest BCUT2D eigenvalue weighted by Gasteiger charge is -2.06. The molecule has 0 radical (unpaired) electrons. The molecule has 1 aromatic heterocycles. The highest BCUT2D eigenvalue weighted by atomic mass is 127. The zero-order valence-electron chi connectivity index (χ0n) is 5.69. The number of pyridine rings is 1. The molecule has 0 aliphatic rings. The third-order valence-corrected chi connectivity index (χ3v) is 1.66. The minimum absolute atomic E-state index is 0.0710. The van der Waals surface area contributed by atoms with E-state index in [9.17, 15) is 13.2 Å². The van der Waals surface area contributed by atoms with E-state index in [2.05, 4.69) is 4.98 Å². The number of hydrogen-bond donors (Lipinski definition) is 1. The molecule has 0 bridgehead atoms. The van der Waals surface area contributed by atoms with Crippen molar-refractivity contribution >= 4 is 28.3 Å². The smallest absolute Gasteiger partial charge is 0.399 e. The predicted octanol–water partition coefficient (Wildman–Crippen LogP) is 2.29. The van der Waals surface area contributed by atoms with Crippen LogP contribution < -0.4 is 5.73 Å². The number of halogens is 4. The fourth-order valence-electron chi connectivity index (χ4n) is 0.662. The molecule has 0 aromatic carbocycles. The summed E-state index contributed by atoms with van der Waals surface area (Å²) in [5.41, 5.74) is 4.33. The quantitative estimate of drug-likeness (QED) is 0.587. The van der Waals surface area contributed by atoms with Crippen molar-refractivity contribution < 1.29 is 13.2 Å². The van der Waals surface area contributed by atoms with Gasteiger partial charge in [-0.05, 0) is 34.7 Å². The van der Waals surface area contributed by atoms with Crippen LogP contribution in [0.1, 0.15) is 5.69 Å². The molecule has 0 spiro atoms. The van der Waals surface area contributed by atoms with Crippen molar-refractivity contribution in [3.05, 3.63) is 21.5 Å². The largest absolute Gasteiger partial charge is 0.433 e. The van der Waals surface area contributed by atoms with E-state index in [4.69, 9.17) is 5.73 Å². The van der Waals surface area contributed by atoms with Gasteiger partial charge in [0.1, 0.15) is 9.39 Å². The predicted molar refractivity (Wildman–Crippen MR) is 46.4 cm³/mol. The molecule has 6 heteroatoms. The highest BCUT2D eigenvalue weighted by Crippen LogP contribution is 2.29. The van der Waals surface area contributed by atoms with Gasteiger partial charge in [0.25, 0.3) is 0 Å². The Morgan fingerprint density at radius 3 is 2.33 bits per heavy atom. The second-order valence-electron chi connectivity index (χ2n) is 2.11. The summed E-state index contributed by atoms with van der Waals surface area (Å²) in [4.78, 5) is 3.29. The van der Waals surface area contributed by atoms with Crippen molar-refractivity contribution in [1.82, 2.24) is 4.98 Å². The van der Waals surface area contributed by atoms with Crippen LogP contribution in [0.4, 0.5) is 18.9 Å². The number of rotatable bonds is 0. The zero-order chi connectivity index (χ0) is 9.35. The summed E-state index contributed by atoms with van der Waals surface area (Å²) in [5.74, 6) is 0. The van der Waals surface area contributed by atoms with E-state index in [1.807, 2.05) is 0 Å². The van der Waals surface area contributed by atoms with Gasteiger partial charge in [-0.25, -0.2) is 4.98 Å². The summed E-state index contributed by atoms with van der Waals surface area (Å²) in [7, 11) is 0. The Hall–Kier alpha value is -0.530. The molecule has 0 aliphatic carbocycles. The number of hydrogen-bond acceptors (Lipinski definition) is 2. The average molecular weight is 288 g/mol. The first-order valence-electron chi connectivity index (χ1n) is 2.90. The third kappa shape index (κ3) is 2.23. The number of nitrogens with zero attached hydrogens (tertiary/aromatic N) is 1. The van der Waals surface area contributed by atoms with Crippen LogP contribution in [-0.2, 0) is 6.18 Å². The van der Waals surface area contributed by atoms with Gasteiger partial charge in [-0.2, -0.15) is 13.2 Å². The first-order chi connectivity index (χ1) is 5.39. The van der Waals surface area contributed by atoms with Crippen LogP contribution in [0, 0.1) is 3.70 Å². The Morgan fingerprint density at radius 1 is 1.33 bits per heavy atom. The normalized spacial score (nSPS) is 11.7. The molecule has 0 amide bonds. The molecule has 2 N–H and O–H groups in total. The number of nitrogens with two attached hydrogens (primary N) is 1. The molecule has 0 saturated heterocycles. The van der Waals surface area contributed by atoms with Crippen LogP contribution in [0.25, 0.3) is 0 Å². The molecule has 0 saturated carbocycles. The lowest BCUT2D eigenvalue weighted by atomic mass is 10.3. The lowest BCUT2D eigenvalue weighted by Crippen LogP contribution is -2.09. The summed E-state index contributed by atoms with van der Waals surface area (Å²) >= 11 is 1.68. The lowest BCUT2D eigenvalue weighted by molar-refractivity contribution is -0.141. The summed E-state index contributed by atoms with van der Waals surface area (Å²) in [5, 5.41) is 0. The Labute approximate surface area is 80.1 Å². The molecule has 0 aliphatic heterocycles. The Kier molecular flexibility index (Phi) is 2.45. The molecule has 0 unspecified atom stereocenters. The number of anilines is 1. The van der Waals surface area contributed by atoms with Gasteiger partial charge in [-0.1, -0.05) is 0 Å². The number of alkyl halides is 3. The molecule has 66 valence electrons. The van der Waals surface area contributed by atoms with Crippen molar-refractivity contribution in [2.24, 2.45) is 0 Å². The molecule has 0 atom stereocenters. The van der Waals surface area contributed by atoms with E-state index in [0.717, 1.165) is 6.07 Å². The maximum Gasteiger partial charge on any atom is 0.433 e. The van der Waals surface area contributed by atoms with Crippen LogP contribution in [0.3, 0.4) is 0 Å².